The third-order valence-corrected chi connectivity index (χ3v) is 12.3. The molecule has 0 aromatic carbocycles. The van der Waals surface area contributed by atoms with Crippen molar-refractivity contribution < 1.29 is 17.7 Å². The first kappa shape index (κ1) is 23.5. The van der Waals surface area contributed by atoms with Gasteiger partial charge >= 0.3 is 17.1 Å². The zero-order valence-corrected chi connectivity index (χ0v) is 18.0. The molecule has 0 aliphatic heterocycles. The molecule has 0 amide bonds. The van der Waals surface area contributed by atoms with Gasteiger partial charge in [-0.1, -0.05) is 47.5 Å². The minimum atomic E-state index is -1.90. The van der Waals surface area contributed by atoms with Crippen molar-refractivity contribution in [3.05, 3.63) is 0 Å². The number of hydrogen-bond acceptors (Lipinski definition) is 4. The Kier molecular flexibility index (Phi) is 12.2. The van der Waals surface area contributed by atoms with E-state index in [1.807, 2.05) is 0 Å². The predicted molar refractivity (Wildman–Crippen MR) is 95.3 cm³/mol. The molecule has 0 radical (unpaired) electrons. The van der Waals surface area contributed by atoms with E-state index in [0.29, 0.717) is 0 Å². The Morgan fingerprint density at radius 1 is 0.810 bits per heavy atom. The monoisotopic (exact) mass is 338 g/mol. The van der Waals surface area contributed by atoms with Crippen LogP contribution in [0.25, 0.3) is 0 Å². The topological polar surface area (TPSA) is 36.9 Å². The van der Waals surface area contributed by atoms with Crippen LogP contribution < -0.4 is 0 Å². The molecule has 0 fully saturated rings. The van der Waals surface area contributed by atoms with Crippen molar-refractivity contribution in [2.24, 2.45) is 0 Å². The molecule has 0 unspecified atom stereocenters. The van der Waals surface area contributed by atoms with E-state index in [-0.39, 0.29) is 5.04 Å². The molecule has 0 rings (SSSR count). The van der Waals surface area contributed by atoms with Crippen molar-refractivity contribution in [3.63, 3.8) is 0 Å². The van der Waals surface area contributed by atoms with Crippen molar-refractivity contribution >= 4 is 17.1 Å². The van der Waals surface area contributed by atoms with Gasteiger partial charge in [-0.05, 0) is 18.6 Å². The van der Waals surface area contributed by atoms with Gasteiger partial charge in [-0.3, -0.25) is 0 Å². The molecule has 21 heavy (non-hydrogen) atoms. The van der Waals surface area contributed by atoms with E-state index in [4.69, 9.17) is 17.7 Å². The highest BCUT2D eigenvalue weighted by molar-refractivity contribution is 6.69. The highest BCUT2D eigenvalue weighted by atomic mass is 28.4. The largest absolute Gasteiger partial charge is 0.398 e. The van der Waals surface area contributed by atoms with Gasteiger partial charge in [-0.2, -0.15) is 0 Å². The van der Waals surface area contributed by atoms with Crippen LogP contribution in [-0.4, -0.2) is 45.6 Å². The molecule has 0 aromatic heterocycles. The maximum Gasteiger partial charge on any atom is 0.339 e. The van der Waals surface area contributed by atoms with Crippen LogP contribution in [0.5, 0.6) is 0 Å². The highest BCUT2D eigenvalue weighted by Crippen LogP contribution is 2.36. The first-order valence-electron chi connectivity index (χ1n) is 7.82. The van der Waals surface area contributed by atoms with E-state index in [0.717, 1.165) is 12.1 Å². The number of unbranched alkanes of at least 4 members (excludes halogenated alkanes) is 1. The second-order valence-corrected chi connectivity index (χ2v) is 14.4. The van der Waals surface area contributed by atoms with Gasteiger partial charge in [-0.15, -0.1) is 0 Å². The SMILES string of the molecule is CCCC[Si](CC)(OC)OC.CO[Si](C)(OC)C(C)(C)C. The van der Waals surface area contributed by atoms with Crippen LogP contribution in [0.2, 0.25) is 23.7 Å². The zero-order valence-electron chi connectivity index (χ0n) is 16.0. The Labute approximate surface area is 135 Å². The summed E-state index contributed by atoms with van der Waals surface area (Å²) in [5.74, 6) is 0. The molecule has 0 saturated carbocycles. The van der Waals surface area contributed by atoms with Gasteiger partial charge in [0.25, 0.3) is 0 Å². The summed E-state index contributed by atoms with van der Waals surface area (Å²) < 4.78 is 21.6. The lowest BCUT2D eigenvalue weighted by molar-refractivity contribution is 0.222. The van der Waals surface area contributed by atoms with Crippen LogP contribution in [0, 0.1) is 0 Å². The minimum Gasteiger partial charge on any atom is -0.398 e. The van der Waals surface area contributed by atoms with Gasteiger partial charge in [0.1, 0.15) is 0 Å². The normalized spacial score (nSPS) is 12.9. The molecular formula is C15H38O4Si2. The second-order valence-electron chi connectivity index (χ2n) is 6.38. The zero-order chi connectivity index (χ0) is 17.2. The van der Waals surface area contributed by atoms with E-state index in [2.05, 4.69) is 41.2 Å². The fourth-order valence-electron chi connectivity index (χ4n) is 1.89. The molecule has 0 aliphatic carbocycles. The standard InChI is InChI=1S/C8H20O2Si.C7H18O2Si/c1-5-7-8-11(6-2,9-3)10-4;1-7(2,3)10(6,8-4)9-5/h5-8H2,1-4H3;1-6H3. The average molecular weight is 339 g/mol. The Balaban J connectivity index is 0. The summed E-state index contributed by atoms with van der Waals surface area (Å²) in [6.07, 6.45) is 2.45. The first-order valence-corrected chi connectivity index (χ1v) is 12.4. The molecule has 0 heterocycles. The van der Waals surface area contributed by atoms with Crippen molar-refractivity contribution in [3.8, 4) is 0 Å². The molecule has 0 spiro atoms. The molecule has 6 heteroatoms. The van der Waals surface area contributed by atoms with E-state index in [1.54, 1.807) is 28.4 Å². The van der Waals surface area contributed by atoms with Crippen LogP contribution in [0.3, 0.4) is 0 Å². The summed E-state index contributed by atoms with van der Waals surface area (Å²) in [5.41, 5.74) is 0. The molecule has 0 aromatic rings. The molecule has 0 atom stereocenters. The van der Waals surface area contributed by atoms with Crippen LogP contribution in [0.1, 0.15) is 47.5 Å². The van der Waals surface area contributed by atoms with Gasteiger partial charge in [0.2, 0.25) is 0 Å². The summed E-state index contributed by atoms with van der Waals surface area (Å²) in [6.45, 7) is 12.9. The van der Waals surface area contributed by atoms with Gasteiger partial charge in [0, 0.05) is 33.5 Å². The first-order chi connectivity index (χ1) is 9.61. The van der Waals surface area contributed by atoms with Crippen molar-refractivity contribution in [2.75, 3.05) is 28.4 Å². The summed E-state index contributed by atoms with van der Waals surface area (Å²) >= 11 is 0. The third-order valence-electron chi connectivity index (χ3n) is 4.34. The van der Waals surface area contributed by atoms with E-state index in [9.17, 15) is 0 Å². The second kappa shape index (κ2) is 10.9. The third kappa shape index (κ3) is 7.90. The number of rotatable bonds is 8. The Bertz CT molecular complexity index is 238. The van der Waals surface area contributed by atoms with Crippen LogP contribution in [0.4, 0.5) is 0 Å². The van der Waals surface area contributed by atoms with Crippen molar-refractivity contribution in [1.82, 2.24) is 0 Å². The van der Waals surface area contributed by atoms with E-state index >= 15 is 0 Å². The summed E-state index contributed by atoms with van der Waals surface area (Å²) in [7, 11) is 3.35. The molecule has 0 saturated heterocycles. The van der Waals surface area contributed by atoms with E-state index < -0.39 is 17.1 Å². The van der Waals surface area contributed by atoms with Crippen LogP contribution in [-0.2, 0) is 17.7 Å². The fourth-order valence-corrected chi connectivity index (χ4v) is 5.68. The summed E-state index contributed by atoms with van der Waals surface area (Å²) in [6, 6.07) is 2.19. The van der Waals surface area contributed by atoms with Gasteiger partial charge in [0.15, 0.2) is 0 Å². The predicted octanol–water partition coefficient (Wildman–Crippen LogP) is 4.69. The maximum absolute atomic E-state index is 5.46. The molecule has 0 aliphatic rings. The smallest absolute Gasteiger partial charge is 0.339 e. The van der Waals surface area contributed by atoms with Crippen molar-refractivity contribution in [2.45, 2.75) is 71.1 Å². The molecule has 0 N–H and O–H groups in total. The lowest BCUT2D eigenvalue weighted by Crippen LogP contribution is -2.45. The highest BCUT2D eigenvalue weighted by Gasteiger charge is 2.42. The minimum absolute atomic E-state index is 0.149. The molecular weight excluding hydrogens is 300 g/mol. The summed E-state index contributed by atoms with van der Waals surface area (Å²) in [4.78, 5) is 0. The van der Waals surface area contributed by atoms with Crippen molar-refractivity contribution in [1.29, 1.82) is 0 Å². The Hall–Kier alpha value is 0.274. The lowest BCUT2D eigenvalue weighted by atomic mass is 10.3. The summed E-state index contributed by atoms with van der Waals surface area (Å²) in [5, 5.41) is 0.149. The lowest BCUT2D eigenvalue weighted by Gasteiger charge is -2.35. The molecule has 0 bridgehead atoms. The quantitative estimate of drug-likeness (QED) is 0.601. The van der Waals surface area contributed by atoms with E-state index in [1.165, 1.54) is 12.8 Å². The van der Waals surface area contributed by atoms with Crippen LogP contribution in [0.15, 0.2) is 0 Å². The maximum atomic E-state index is 5.46. The van der Waals surface area contributed by atoms with Gasteiger partial charge < -0.3 is 17.7 Å². The molecule has 130 valence electrons. The fraction of sp³-hybridized carbons (Fsp3) is 1.00. The number of hydrogen-bond donors (Lipinski definition) is 0. The average Bonchev–Trinajstić information content (AvgIpc) is 2.48. The Morgan fingerprint density at radius 3 is 1.38 bits per heavy atom. The van der Waals surface area contributed by atoms with Gasteiger partial charge in [-0.25, -0.2) is 0 Å². The molecule has 4 nitrogen and oxygen atoms in total. The van der Waals surface area contributed by atoms with Crippen LogP contribution >= 0.6 is 0 Å². The van der Waals surface area contributed by atoms with Gasteiger partial charge in [0.05, 0.1) is 0 Å². The Morgan fingerprint density at radius 2 is 1.24 bits per heavy atom.